The highest BCUT2D eigenvalue weighted by atomic mass is 79.9. The normalized spacial score (nSPS) is 19.7. The lowest BCUT2D eigenvalue weighted by Gasteiger charge is -2.19. The van der Waals surface area contributed by atoms with E-state index in [0.29, 0.717) is 35.6 Å². The maximum atomic E-state index is 12.8. The van der Waals surface area contributed by atoms with Crippen molar-refractivity contribution in [2.45, 2.75) is 11.3 Å². The molecule has 1 atom stereocenters. The van der Waals surface area contributed by atoms with Crippen molar-refractivity contribution in [1.82, 2.24) is 4.31 Å². The molecule has 1 heterocycles. The Morgan fingerprint density at radius 1 is 1.33 bits per heavy atom. The van der Waals surface area contributed by atoms with Crippen LogP contribution in [0.2, 0.25) is 0 Å². The summed E-state index contributed by atoms with van der Waals surface area (Å²) in [5.41, 5.74) is 5.63. The first-order chi connectivity index (χ1) is 9.93. The fraction of sp³-hybridized carbons (Fsp3) is 0.538. The second-order valence-electron chi connectivity index (χ2n) is 4.89. The van der Waals surface area contributed by atoms with Gasteiger partial charge in [-0.15, -0.1) is 0 Å². The molecule has 1 saturated heterocycles. The minimum Gasteiger partial charge on any atom is -0.496 e. The average molecular weight is 379 g/mol. The summed E-state index contributed by atoms with van der Waals surface area (Å²) in [7, 11) is -0.688. The van der Waals surface area contributed by atoms with Crippen LogP contribution in [0.5, 0.6) is 11.5 Å². The third-order valence-corrected chi connectivity index (χ3v) is 6.14. The Morgan fingerprint density at radius 3 is 2.52 bits per heavy atom. The number of hydrogen-bond donors (Lipinski definition) is 1. The smallest absolute Gasteiger partial charge is 0.246 e. The van der Waals surface area contributed by atoms with Crippen LogP contribution in [0.25, 0.3) is 0 Å². The SMILES string of the molecule is COc1cc(S(=O)(=O)N2CCC(CN)C2)c(OC)cc1Br. The molecule has 1 aliphatic rings. The molecule has 6 nitrogen and oxygen atoms in total. The van der Waals surface area contributed by atoms with Gasteiger partial charge in [-0.25, -0.2) is 8.42 Å². The maximum Gasteiger partial charge on any atom is 0.246 e. The molecule has 0 spiro atoms. The number of methoxy groups -OCH3 is 2. The third kappa shape index (κ3) is 3.18. The first-order valence-electron chi connectivity index (χ1n) is 6.55. The Bertz CT molecular complexity index is 621. The third-order valence-electron chi connectivity index (χ3n) is 3.64. The van der Waals surface area contributed by atoms with E-state index in [2.05, 4.69) is 15.9 Å². The molecule has 2 rings (SSSR count). The first-order valence-corrected chi connectivity index (χ1v) is 8.79. The molecule has 2 N–H and O–H groups in total. The van der Waals surface area contributed by atoms with E-state index in [-0.39, 0.29) is 10.8 Å². The number of sulfonamides is 1. The Morgan fingerprint density at radius 2 is 2.00 bits per heavy atom. The quantitative estimate of drug-likeness (QED) is 0.837. The maximum absolute atomic E-state index is 12.8. The van der Waals surface area contributed by atoms with Crippen molar-refractivity contribution >= 4 is 26.0 Å². The van der Waals surface area contributed by atoms with Crippen LogP contribution < -0.4 is 15.2 Å². The molecular weight excluding hydrogens is 360 g/mol. The number of rotatable bonds is 5. The van der Waals surface area contributed by atoms with Crippen LogP contribution in [0.1, 0.15) is 6.42 Å². The molecule has 1 fully saturated rings. The number of benzene rings is 1. The highest BCUT2D eigenvalue weighted by molar-refractivity contribution is 9.10. The standard InChI is InChI=1S/C13H19BrN2O4S/c1-19-11-6-13(12(20-2)5-10(11)14)21(17,18)16-4-3-9(7-15)8-16/h5-6,9H,3-4,7-8,15H2,1-2H3. The van der Waals surface area contributed by atoms with Crippen LogP contribution in [0.15, 0.2) is 21.5 Å². The molecule has 0 aromatic heterocycles. The molecule has 0 amide bonds. The second-order valence-corrected chi connectivity index (χ2v) is 7.65. The molecule has 0 aliphatic carbocycles. The van der Waals surface area contributed by atoms with Gasteiger partial charge in [-0.3, -0.25) is 0 Å². The molecule has 1 aliphatic heterocycles. The van der Waals surface area contributed by atoms with Gasteiger partial charge in [-0.1, -0.05) is 0 Å². The van der Waals surface area contributed by atoms with E-state index in [1.54, 1.807) is 6.07 Å². The van der Waals surface area contributed by atoms with Gasteiger partial charge in [-0.05, 0) is 40.9 Å². The fourth-order valence-electron chi connectivity index (χ4n) is 2.38. The number of halogens is 1. The highest BCUT2D eigenvalue weighted by Crippen LogP contribution is 2.37. The van der Waals surface area contributed by atoms with Crippen LogP contribution >= 0.6 is 15.9 Å². The van der Waals surface area contributed by atoms with Crippen molar-refractivity contribution < 1.29 is 17.9 Å². The molecule has 21 heavy (non-hydrogen) atoms. The van der Waals surface area contributed by atoms with E-state index in [1.165, 1.54) is 24.6 Å². The van der Waals surface area contributed by atoms with Gasteiger partial charge >= 0.3 is 0 Å². The number of nitrogens with two attached hydrogens (primary N) is 1. The van der Waals surface area contributed by atoms with Crippen LogP contribution in [-0.4, -0.2) is 46.6 Å². The summed E-state index contributed by atoms with van der Waals surface area (Å²) in [6, 6.07) is 3.08. The van der Waals surface area contributed by atoms with Gasteiger partial charge in [0.1, 0.15) is 16.4 Å². The first kappa shape index (κ1) is 16.5. The Labute approximate surface area is 133 Å². The molecule has 0 bridgehead atoms. The van der Waals surface area contributed by atoms with Crippen molar-refractivity contribution in [2.75, 3.05) is 33.9 Å². The highest BCUT2D eigenvalue weighted by Gasteiger charge is 2.34. The van der Waals surface area contributed by atoms with Gasteiger partial charge in [0.15, 0.2) is 0 Å². The topological polar surface area (TPSA) is 81.9 Å². The largest absolute Gasteiger partial charge is 0.496 e. The van der Waals surface area contributed by atoms with Gasteiger partial charge in [0.05, 0.1) is 18.7 Å². The van der Waals surface area contributed by atoms with E-state index >= 15 is 0 Å². The molecule has 118 valence electrons. The van der Waals surface area contributed by atoms with Crippen molar-refractivity contribution in [3.8, 4) is 11.5 Å². The van der Waals surface area contributed by atoms with E-state index < -0.39 is 10.0 Å². The van der Waals surface area contributed by atoms with Crippen LogP contribution in [0.4, 0.5) is 0 Å². The van der Waals surface area contributed by atoms with Crippen molar-refractivity contribution in [1.29, 1.82) is 0 Å². The van der Waals surface area contributed by atoms with Gasteiger partial charge in [0.2, 0.25) is 10.0 Å². The molecule has 8 heteroatoms. The second kappa shape index (κ2) is 6.51. The molecular formula is C13H19BrN2O4S. The zero-order chi connectivity index (χ0) is 15.6. The summed E-state index contributed by atoms with van der Waals surface area (Å²) in [4.78, 5) is 0.114. The van der Waals surface area contributed by atoms with Crippen molar-refractivity contribution in [3.63, 3.8) is 0 Å². The lowest BCUT2D eigenvalue weighted by atomic mass is 10.1. The molecule has 1 aromatic rings. The van der Waals surface area contributed by atoms with Gasteiger partial charge in [-0.2, -0.15) is 4.31 Å². The van der Waals surface area contributed by atoms with Crippen molar-refractivity contribution in [2.24, 2.45) is 11.7 Å². The molecule has 0 radical (unpaired) electrons. The Kier molecular flexibility index (Phi) is 5.13. The summed E-state index contributed by atoms with van der Waals surface area (Å²) < 4.78 is 38.1. The zero-order valence-corrected chi connectivity index (χ0v) is 14.4. The minimum atomic E-state index is -3.62. The van der Waals surface area contributed by atoms with Crippen LogP contribution in [-0.2, 0) is 10.0 Å². The Balaban J connectivity index is 2.44. The molecule has 1 unspecified atom stereocenters. The summed E-state index contributed by atoms with van der Waals surface area (Å²) in [5.74, 6) is 0.950. The number of hydrogen-bond acceptors (Lipinski definition) is 5. The predicted octanol–water partition coefficient (Wildman–Crippen LogP) is 1.44. The summed E-state index contributed by atoms with van der Waals surface area (Å²) >= 11 is 3.32. The van der Waals surface area contributed by atoms with E-state index in [4.69, 9.17) is 15.2 Å². The molecule has 1 aromatic carbocycles. The van der Waals surface area contributed by atoms with E-state index in [9.17, 15) is 8.42 Å². The number of nitrogens with zero attached hydrogens (tertiary/aromatic N) is 1. The van der Waals surface area contributed by atoms with E-state index in [1.807, 2.05) is 0 Å². The predicted molar refractivity (Wildman–Crippen MR) is 83.2 cm³/mol. The zero-order valence-electron chi connectivity index (χ0n) is 12.0. The lowest BCUT2D eigenvalue weighted by molar-refractivity contribution is 0.386. The van der Waals surface area contributed by atoms with Gasteiger partial charge in [0, 0.05) is 19.2 Å². The van der Waals surface area contributed by atoms with Gasteiger partial charge in [0.25, 0.3) is 0 Å². The number of ether oxygens (including phenoxy) is 2. The monoisotopic (exact) mass is 378 g/mol. The fourth-order valence-corrected chi connectivity index (χ4v) is 4.55. The Hall–Kier alpha value is -0.830. The summed E-state index contributed by atoms with van der Waals surface area (Å²) in [5, 5.41) is 0. The van der Waals surface area contributed by atoms with Crippen LogP contribution in [0, 0.1) is 5.92 Å². The minimum absolute atomic E-state index is 0.114. The lowest BCUT2D eigenvalue weighted by Crippen LogP contribution is -2.30. The van der Waals surface area contributed by atoms with Gasteiger partial charge < -0.3 is 15.2 Å². The average Bonchev–Trinajstić information content (AvgIpc) is 2.96. The summed E-state index contributed by atoms with van der Waals surface area (Å²) in [6.07, 6.45) is 0.783. The van der Waals surface area contributed by atoms with E-state index in [0.717, 1.165) is 6.42 Å². The summed E-state index contributed by atoms with van der Waals surface area (Å²) in [6.45, 7) is 1.42. The molecule has 0 saturated carbocycles. The van der Waals surface area contributed by atoms with Crippen LogP contribution in [0.3, 0.4) is 0 Å². The van der Waals surface area contributed by atoms with Crippen molar-refractivity contribution in [3.05, 3.63) is 16.6 Å².